The molecule has 2 aromatic heterocycles. The maximum Gasteiger partial charge on any atom is 0.278 e. The number of aromatic nitrogens is 5. The second-order valence-corrected chi connectivity index (χ2v) is 6.88. The zero-order chi connectivity index (χ0) is 18.0. The minimum atomic E-state index is -0.415. The van der Waals surface area contributed by atoms with Crippen LogP contribution in [0.1, 0.15) is 60.7 Å². The lowest BCUT2D eigenvalue weighted by atomic mass is 9.98. The van der Waals surface area contributed by atoms with Crippen LogP contribution in [0.15, 0.2) is 6.20 Å². The highest BCUT2D eigenvalue weighted by molar-refractivity contribution is 6.33. The van der Waals surface area contributed by atoms with Gasteiger partial charge in [0.1, 0.15) is 5.82 Å². The third-order valence-electron chi connectivity index (χ3n) is 4.20. The number of halogens is 2. The molecule has 26 heavy (non-hydrogen) atoms. The molecule has 3 heterocycles. The van der Waals surface area contributed by atoms with Crippen molar-refractivity contribution in [3.05, 3.63) is 28.6 Å². The molecule has 0 atom stereocenters. The zero-order valence-electron chi connectivity index (χ0n) is 15.0. The van der Waals surface area contributed by atoms with Crippen LogP contribution in [-0.4, -0.2) is 43.7 Å². The minimum Gasteiger partial charge on any atom is -0.317 e. The van der Waals surface area contributed by atoms with Gasteiger partial charge >= 0.3 is 0 Å². The van der Waals surface area contributed by atoms with Crippen molar-refractivity contribution >= 4 is 35.9 Å². The average Bonchev–Trinajstić information content (AvgIpc) is 2.96. The van der Waals surface area contributed by atoms with Crippen molar-refractivity contribution in [3.63, 3.8) is 0 Å². The number of hydrogen-bond acceptors (Lipinski definition) is 6. The van der Waals surface area contributed by atoms with Crippen molar-refractivity contribution in [2.24, 2.45) is 7.05 Å². The molecule has 2 aromatic rings. The largest absolute Gasteiger partial charge is 0.317 e. The molecule has 1 amide bonds. The van der Waals surface area contributed by atoms with Gasteiger partial charge in [-0.25, -0.2) is 14.6 Å². The molecule has 8 nitrogen and oxygen atoms in total. The number of piperidine rings is 1. The van der Waals surface area contributed by atoms with Crippen LogP contribution in [0, 0.1) is 0 Å². The quantitative estimate of drug-likeness (QED) is 0.819. The first-order valence-corrected chi connectivity index (χ1v) is 8.79. The normalized spacial score (nSPS) is 15.0. The van der Waals surface area contributed by atoms with E-state index in [1.54, 1.807) is 11.7 Å². The fourth-order valence-corrected chi connectivity index (χ4v) is 2.92. The number of carbonyl (C=O) groups is 1. The van der Waals surface area contributed by atoms with Gasteiger partial charge in [0, 0.05) is 18.9 Å². The van der Waals surface area contributed by atoms with Crippen LogP contribution in [0.3, 0.4) is 0 Å². The van der Waals surface area contributed by atoms with Gasteiger partial charge in [0.05, 0.1) is 11.2 Å². The SMILES string of the molecule is CC(C)c1ncc(Cl)c(C(=O)Nc2nc(C3CCNCC3)nn2C)n1.Cl. The van der Waals surface area contributed by atoms with Gasteiger partial charge in [0.25, 0.3) is 5.91 Å². The molecule has 0 aromatic carbocycles. The van der Waals surface area contributed by atoms with Crippen LogP contribution >= 0.6 is 24.0 Å². The number of amides is 1. The van der Waals surface area contributed by atoms with Gasteiger partial charge in [-0.2, -0.15) is 10.1 Å². The Hall–Kier alpha value is -1.77. The predicted octanol–water partition coefficient (Wildman–Crippen LogP) is 2.52. The van der Waals surface area contributed by atoms with Crippen LogP contribution in [0.5, 0.6) is 0 Å². The van der Waals surface area contributed by atoms with Crippen molar-refractivity contribution < 1.29 is 4.79 Å². The van der Waals surface area contributed by atoms with E-state index in [1.165, 1.54) is 6.20 Å². The van der Waals surface area contributed by atoms with Crippen molar-refractivity contribution in [2.45, 2.75) is 38.5 Å². The van der Waals surface area contributed by atoms with Gasteiger partial charge in [0.15, 0.2) is 11.5 Å². The Labute approximate surface area is 163 Å². The van der Waals surface area contributed by atoms with Gasteiger partial charge in [0.2, 0.25) is 5.95 Å². The first-order chi connectivity index (χ1) is 12.0. The van der Waals surface area contributed by atoms with Gasteiger partial charge < -0.3 is 5.32 Å². The number of anilines is 1. The topological polar surface area (TPSA) is 97.6 Å². The molecule has 0 unspecified atom stereocenters. The van der Waals surface area contributed by atoms with Crippen LogP contribution in [0.4, 0.5) is 5.95 Å². The maximum absolute atomic E-state index is 12.6. The summed E-state index contributed by atoms with van der Waals surface area (Å²) in [6, 6.07) is 0. The van der Waals surface area contributed by atoms with E-state index in [0.29, 0.717) is 17.7 Å². The molecule has 142 valence electrons. The number of rotatable bonds is 4. The summed E-state index contributed by atoms with van der Waals surface area (Å²) in [6.45, 7) is 5.83. The second-order valence-electron chi connectivity index (χ2n) is 6.48. The molecule has 0 aliphatic carbocycles. The first kappa shape index (κ1) is 20.5. The second kappa shape index (κ2) is 8.75. The Kier molecular flexibility index (Phi) is 6.91. The standard InChI is InChI=1S/C16H22ClN7O.ClH/c1-9(2)13-19-8-11(17)12(20-13)15(25)22-16-21-14(23-24(16)3)10-4-6-18-7-5-10;/h8-10,18H,4-7H2,1-3H3,(H,21,22,23,25);1H. The monoisotopic (exact) mass is 399 g/mol. The summed E-state index contributed by atoms with van der Waals surface area (Å²) in [7, 11) is 1.76. The summed E-state index contributed by atoms with van der Waals surface area (Å²) in [5.74, 6) is 1.72. The van der Waals surface area contributed by atoms with Crippen LogP contribution in [0.25, 0.3) is 0 Å². The van der Waals surface area contributed by atoms with Crippen LogP contribution in [-0.2, 0) is 7.05 Å². The molecule has 1 fully saturated rings. The van der Waals surface area contributed by atoms with Crippen molar-refractivity contribution in [2.75, 3.05) is 18.4 Å². The van der Waals surface area contributed by atoms with Crippen molar-refractivity contribution in [3.8, 4) is 0 Å². The molecular formula is C16H23Cl2N7O. The van der Waals surface area contributed by atoms with Gasteiger partial charge in [-0.3, -0.25) is 10.1 Å². The van der Waals surface area contributed by atoms with Crippen molar-refractivity contribution in [1.82, 2.24) is 30.0 Å². The third-order valence-corrected chi connectivity index (χ3v) is 4.48. The summed E-state index contributed by atoms with van der Waals surface area (Å²) < 4.78 is 1.58. The van der Waals surface area contributed by atoms with E-state index in [9.17, 15) is 4.79 Å². The fraction of sp³-hybridized carbons (Fsp3) is 0.562. The Morgan fingerprint density at radius 3 is 2.69 bits per heavy atom. The number of aryl methyl sites for hydroxylation is 1. The summed E-state index contributed by atoms with van der Waals surface area (Å²) in [5.41, 5.74) is 0.145. The highest BCUT2D eigenvalue weighted by atomic mass is 35.5. The molecule has 1 saturated heterocycles. The Morgan fingerprint density at radius 2 is 2.04 bits per heavy atom. The molecule has 3 rings (SSSR count). The number of nitrogens with one attached hydrogen (secondary N) is 2. The molecule has 2 N–H and O–H groups in total. The van der Waals surface area contributed by atoms with E-state index in [0.717, 1.165) is 31.8 Å². The lowest BCUT2D eigenvalue weighted by Crippen LogP contribution is -2.27. The molecule has 1 aliphatic rings. The summed E-state index contributed by atoms with van der Waals surface area (Å²) >= 11 is 6.09. The van der Waals surface area contributed by atoms with E-state index in [4.69, 9.17) is 11.6 Å². The molecule has 10 heteroatoms. The summed E-state index contributed by atoms with van der Waals surface area (Å²) in [5, 5.41) is 10.7. The van der Waals surface area contributed by atoms with Gasteiger partial charge in [-0.05, 0) is 25.9 Å². The van der Waals surface area contributed by atoms with Crippen LogP contribution < -0.4 is 10.6 Å². The lowest BCUT2D eigenvalue weighted by Gasteiger charge is -2.19. The summed E-state index contributed by atoms with van der Waals surface area (Å²) in [4.78, 5) is 25.5. The molecule has 0 bridgehead atoms. The van der Waals surface area contributed by atoms with Gasteiger partial charge in [-0.1, -0.05) is 25.4 Å². The van der Waals surface area contributed by atoms with E-state index in [1.807, 2.05) is 13.8 Å². The van der Waals surface area contributed by atoms with Gasteiger partial charge in [-0.15, -0.1) is 12.4 Å². The van der Waals surface area contributed by atoms with Crippen molar-refractivity contribution in [1.29, 1.82) is 0 Å². The Bertz CT molecular complexity index is 772. The lowest BCUT2D eigenvalue weighted by molar-refractivity contribution is 0.102. The molecule has 0 spiro atoms. The van der Waals surface area contributed by atoms with E-state index in [-0.39, 0.29) is 29.0 Å². The minimum absolute atomic E-state index is 0. The number of hydrogen-bond donors (Lipinski definition) is 2. The number of carbonyl (C=O) groups excluding carboxylic acids is 1. The maximum atomic E-state index is 12.6. The number of nitrogens with zero attached hydrogens (tertiary/aromatic N) is 5. The Morgan fingerprint density at radius 1 is 1.35 bits per heavy atom. The summed E-state index contributed by atoms with van der Waals surface area (Å²) in [6.07, 6.45) is 3.44. The zero-order valence-corrected chi connectivity index (χ0v) is 16.6. The molecule has 0 radical (unpaired) electrons. The van der Waals surface area contributed by atoms with Crippen LogP contribution in [0.2, 0.25) is 5.02 Å². The van der Waals surface area contributed by atoms with E-state index >= 15 is 0 Å². The average molecular weight is 400 g/mol. The molecular weight excluding hydrogens is 377 g/mol. The van der Waals surface area contributed by atoms with E-state index in [2.05, 4.69) is 30.7 Å². The fourth-order valence-electron chi connectivity index (χ4n) is 2.75. The Balaban J connectivity index is 0.00000243. The van der Waals surface area contributed by atoms with E-state index < -0.39 is 5.91 Å². The third kappa shape index (κ3) is 4.49. The smallest absolute Gasteiger partial charge is 0.278 e. The highest BCUT2D eigenvalue weighted by Gasteiger charge is 2.22. The molecule has 1 aliphatic heterocycles. The molecule has 0 saturated carbocycles. The highest BCUT2D eigenvalue weighted by Crippen LogP contribution is 2.24. The first-order valence-electron chi connectivity index (χ1n) is 8.41. The predicted molar refractivity (Wildman–Crippen MR) is 102 cm³/mol.